The third kappa shape index (κ3) is 2.48. The minimum atomic E-state index is -0.509. The van der Waals surface area contributed by atoms with Gasteiger partial charge in [0, 0.05) is 30.7 Å². The molecule has 1 unspecified atom stereocenters. The lowest BCUT2D eigenvalue weighted by Crippen LogP contribution is -2.36. The van der Waals surface area contributed by atoms with E-state index in [0.717, 1.165) is 31.5 Å². The van der Waals surface area contributed by atoms with Crippen LogP contribution in [0.5, 0.6) is 0 Å². The molecule has 1 aromatic heterocycles. The standard InChI is InChI=1S/C19H25FN4O2/c1-10-4-5-13-16-14(18(25)22-19(26)24(10)16)8-15(20)17(13)23-7-6-12(9-23)11(2)21-3/h8,10-12,21H,4-7,9H2,1-3H3,(H,22,25,26)/t10?,11-,12-/m0/s1. The molecule has 0 amide bonds. The van der Waals surface area contributed by atoms with Gasteiger partial charge in [-0.2, -0.15) is 0 Å². The second-order valence-corrected chi connectivity index (χ2v) is 7.67. The minimum absolute atomic E-state index is 0.0108. The average Bonchev–Trinajstić information content (AvgIpc) is 3.08. The number of hydrogen-bond donors (Lipinski definition) is 2. The first-order chi connectivity index (χ1) is 12.4. The monoisotopic (exact) mass is 360 g/mol. The fourth-order valence-electron chi connectivity index (χ4n) is 4.57. The molecule has 0 aliphatic carbocycles. The fraction of sp³-hybridized carbons (Fsp3) is 0.579. The van der Waals surface area contributed by atoms with E-state index in [1.807, 2.05) is 14.0 Å². The zero-order chi connectivity index (χ0) is 18.6. The van der Waals surface area contributed by atoms with E-state index >= 15 is 4.39 Å². The van der Waals surface area contributed by atoms with E-state index in [9.17, 15) is 9.59 Å². The first kappa shape index (κ1) is 17.3. The van der Waals surface area contributed by atoms with Gasteiger partial charge in [-0.25, -0.2) is 9.18 Å². The summed E-state index contributed by atoms with van der Waals surface area (Å²) in [5.74, 6) is 0.0849. The molecule has 2 aliphatic rings. The van der Waals surface area contributed by atoms with E-state index in [4.69, 9.17) is 0 Å². The highest BCUT2D eigenvalue weighted by Crippen LogP contribution is 2.38. The van der Waals surface area contributed by atoms with Crippen molar-refractivity contribution in [2.75, 3.05) is 25.0 Å². The molecule has 2 aliphatic heterocycles. The quantitative estimate of drug-likeness (QED) is 0.875. The zero-order valence-electron chi connectivity index (χ0n) is 15.4. The van der Waals surface area contributed by atoms with Crippen molar-refractivity contribution in [3.63, 3.8) is 0 Å². The summed E-state index contributed by atoms with van der Waals surface area (Å²) < 4.78 is 16.7. The number of aromatic amines is 1. The lowest BCUT2D eigenvalue weighted by Gasteiger charge is -2.30. The minimum Gasteiger partial charge on any atom is -0.369 e. The molecule has 1 saturated heterocycles. The predicted molar refractivity (Wildman–Crippen MR) is 101 cm³/mol. The van der Waals surface area contributed by atoms with E-state index in [-0.39, 0.29) is 17.2 Å². The molecular formula is C19H25FN4O2. The maximum atomic E-state index is 15.1. The van der Waals surface area contributed by atoms with Gasteiger partial charge < -0.3 is 10.2 Å². The summed E-state index contributed by atoms with van der Waals surface area (Å²) >= 11 is 0. The molecule has 6 nitrogen and oxygen atoms in total. The predicted octanol–water partition coefficient (Wildman–Crippen LogP) is 1.77. The van der Waals surface area contributed by atoms with Crippen LogP contribution in [0.3, 0.4) is 0 Å². The molecule has 140 valence electrons. The van der Waals surface area contributed by atoms with Crippen molar-refractivity contribution in [2.45, 2.75) is 45.2 Å². The Morgan fingerprint density at radius 1 is 1.35 bits per heavy atom. The molecule has 2 N–H and O–H groups in total. The molecular weight excluding hydrogens is 335 g/mol. The van der Waals surface area contributed by atoms with E-state index in [0.29, 0.717) is 29.6 Å². The first-order valence-electron chi connectivity index (χ1n) is 9.34. The van der Waals surface area contributed by atoms with Crippen molar-refractivity contribution in [3.8, 4) is 0 Å². The van der Waals surface area contributed by atoms with Crippen LogP contribution in [0.1, 0.15) is 38.3 Å². The number of hydrogen-bond acceptors (Lipinski definition) is 4. The smallest absolute Gasteiger partial charge is 0.329 e. The molecule has 4 rings (SSSR count). The normalized spacial score (nSPS) is 23.6. The second kappa shape index (κ2) is 6.23. The van der Waals surface area contributed by atoms with E-state index < -0.39 is 11.2 Å². The summed E-state index contributed by atoms with van der Waals surface area (Å²) in [4.78, 5) is 29.1. The Kier molecular flexibility index (Phi) is 4.14. The fourth-order valence-corrected chi connectivity index (χ4v) is 4.57. The van der Waals surface area contributed by atoms with Gasteiger partial charge in [0.05, 0.1) is 16.6 Å². The largest absolute Gasteiger partial charge is 0.369 e. The van der Waals surface area contributed by atoms with Crippen LogP contribution in [-0.2, 0) is 6.42 Å². The zero-order valence-corrected chi connectivity index (χ0v) is 15.4. The molecule has 0 saturated carbocycles. The van der Waals surface area contributed by atoms with Gasteiger partial charge in [0.2, 0.25) is 0 Å². The number of aromatic nitrogens is 2. The number of halogens is 1. The van der Waals surface area contributed by atoms with Crippen LogP contribution in [0.25, 0.3) is 10.9 Å². The summed E-state index contributed by atoms with van der Waals surface area (Å²) in [5.41, 5.74) is 1.08. The van der Waals surface area contributed by atoms with E-state index in [1.54, 1.807) is 4.57 Å². The van der Waals surface area contributed by atoms with Gasteiger partial charge in [-0.15, -0.1) is 0 Å². The van der Waals surface area contributed by atoms with Gasteiger partial charge >= 0.3 is 5.69 Å². The topological polar surface area (TPSA) is 70.1 Å². The van der Waals surface area contributed by atoms with Crippen molar-refractivity contribution >= 4 is 16.6 Å². The Balaban J connectivity index is 1.92. The molecule has 0 bridgehead atoms. The van der Waals surface area contributed by atoms with Crippen LogP contribution in [0, 0.1) is 11.7 Å². The lowest BCUT2D eigenvalue weighted by molar-refractivity contribution is 0.428. The molecule has 3 heterocycles. The van der Waals surface area contributed by atoms with Gasteiger partial charge in [0.1, 0.15) is 5.82 Å². The highest BCUT2D eigenvalue weighted by Gasteiger charge is 2.32. The summed E-state index contributed by atoms with van der Waals surface area (Å²) in [6.45, 7) is 5.68. The molecule has 26 heavy (non-hydrogen) atoms. The number of nitrogens with one attached hydrogen (secondary N) is 2. The van der Waals surface area contributed by atoms with Gasteiger partial charge in [-0.1, -0.05) is 0 Å². The van der Waals surface area contributed by atoms with Crippen molar-refractivity contribution in [1.82, 2.24) is 14.9 Å². The average molecular weight is 360 g/mol. The number of rotatable bonds is 3. The number of nitrogens with zero attached hydrogens (tertiary/aromatic N) is 2. The lowest BCUT2D eigenvalue weighted by atomic mass is 9.95. The molecule has 2 aromatic rings. The van der Waals surface area contributed by atoms with Crippen molar-refractivity contribution in [2.24, 2.45) is 5.92 Å². The van der Waals surface area contributed by atoms with Gasteiger partial charge in [0.25, 0.3) is 5.56 Å². The van der Waals surface area contributed by atoms with Crippen LogP contribution in [-0.4, -0.2) is 35.7 Å². The second-order valence-electron chi connectivity index (χ2n) is 7.67. The maximum absolute atomic E-state index is 15.1. The molecule has 0 radical (unpaired) electrons. The molecule has 1 aromatic carbocycles. The number of anilines is 1. The van der Waals surface area contributed by atoms with Crippen LogP contribution >= 0.6 is 0 Å². The first-order valence-corrected chi connectivity index (χ1v) is 9.34. The Labute approximate surface area is 151 Å². The van der Waals surface area contributed by atoms with Crippen molar-refractivity contribution < 1.29 is 4.39 Å². The summed E-state index contributed by atoms with van der Waals surface area (Å²) in [5, 5.41) is 3.55. The molecule has 7 heteroatoms. The Morgan fingerprint density at radius 2 is 2.12 bits per heavy atom. The molecule has 0 spiro atoms. The number of H-pyrrole nitrogens is 1. The maximum Gasteiger partial charge on any atom is 0.329 e. The van der Waals surface area contributed by atoms with Crippen molar-refractivity contribution in [3.05, 3.63) is 38.3 Å². The van der Waals surface area contributed by atoms with E-state index in [2.05, 4.69) is 22.1 Å². The molecule has 3 atom stereocenters. The number of benzene rings is 1. The van der Waals surface area contributed by atoms with E-state index in [1.165, 1.54) is 6.07 Å². The highest BCUT2D eigenvalue weighted by atomic mass is 19.1. The summed E-state index contributed by atoms with van der Waals surface area (Å²) in [6, 6.07) is 1.65. The third-order valence-corrected chi connectivity index (χ3v) is 6.21. The van der Waals surface area contributed by atoms with Gasteiger partial charge in [0.15, 0.2) is 0 Å². The highest BCUT2D eigenvalue weighted by molar-refractivity contribution is 5.88. The van der Waals surface area contributed by atoms with Crippen LogP contribution < -0.4 is 21.5 Å². The Bertz CT molecular complexity index is 980. The van der Waals surface area contributed by atoms with Crippen LogP contribution in [0.15, 0.2) is 15.7 Å². The SMILES string of the molecule is CN[C@@H](C)[C@H]1CCN(c2c(F)cc3c(=O)[nH]c(=O)n4c3c2CCC4C)C1. The Morgan fingerprint density at radius 3 is 2.85 bits per heavy atom. The number of aryl methyl sites for hydroxylation is 1. The van der Waals surface area contributed by atoms with Gasteiger partial charge in [-0.05, 0) is 52.1 Å². The van der Waals surface area contributed by atoms with Gasteiger partial charge in [-0.3, -0.25) is 14.3 Å². The summed E-state index contributed by atoms with van der Waals surface area (Å²) in [6.07, 6.45) is 2.43. The third-order valence-electron chi connectivity index (χ3n) is 6.21. The van der Waals surface area contributed by atoms with Crippen molar-refractivity contribution in [1.29, 1.82) is 0 Å². The molecule has 1 fully saturated rings. The van der Waals surface area contributed by atoms with Crippen LogP contribution in [0.4, 0.5) is 10.1 Å². The summed E-state index contributed by atoms with van der Waals surface area (Å²) in [7, 11) is 1.94. The Hall–Kier alpha value is -2.15. The van der Waals surface area contributed by atoms with Crippen LogP contribution in [0.2, 0.25) is 0 Å².